The molecule has 30 heavy (non-hydrogen) atoms. The number of amides is 2. The number of hydrogen-bond donors (Lipinski definition) is 1. The first-order chi connectivity index (χ1) is 14.5. The van der Waals surface area contributed by atoms with Gasteiger partial charge >= 0.3 is 5.97 Å². The fourth-order valence-corrected chi connectivity index (χ4v) is 3.51. The summed E-state index contributed by atoms with van der Waals surface area (Å²) in [5.74, 6) is -1.35. The van der Waals surface area contributed by atoms with Crippen LogP contribution in [0.2, 0.25) is 0 Å². The summed E-state index contributed by atoms with van der Waals surface area (Å²) in [6, 6.07) is 0. The van der Waals surface area contributed by atoms with E-state index >= 15 is 0 Å². The van der Waals surface area contributed by atoms with Crippen LogP contribution in [0.25, 0.3) is 0 Å². The van der Waals surface area contributed by atoms with Gasteiger partial charge in [0, 0.05) is 19.3 Å². The van der Waals surface area contributed by atoms with Gasteiger partial charge in [-0.15, -0.1) is 5.06 Å². The van der Waals surface area contributed by atoms with Crippen molar-refractivity contribution in [2.75, 3.05) is 0 Å². The maximum Gasteiger partial charge on any atom is 0.333 e. The number of nitrogens with zero attached hydrogens (tertiary/aromatic N) is 1. The van der Waals surface area contributed by atoms with Crippen LogP contribution in [0.5, 0.6) is 0 Å². The lowest BCUT2D eigenvalue weighted by Gasteiger charge is -2.12. The average Bonchev–Trinajstić information content (AvgIpc) is 3.04. The third-order valence-corrected chi connectivity index (χ3v) is 5.41. The highest BCUT2D eigenvalue weighted by atomic mass is 16.7. The maximum absolute atomic E-state index is 11.7. The Balaban J connectivity index is 1.83. The van der Waals surface area contributed by atoms with E-state index in [0.717, 1.165) is 44.9 Å². The molecule has 0 radical (unpaired) electrons. The van der Waals surface area contributed by atoms with Gasteiger partial charge in [-0.2, -0.15) is 0 Å². The first-order valence-electron chi connectivity index (χ1n) is 12.0. The molecule has 0 saturated carbocycles. The summed E-state index contributed by atoms with van der Waals surface area (Å²) in [6.45, 7) is 2.14. The van der Waals surface area contributed by atoms with Gasteiger partial charge in [0.2, 0.25) is 0 Å². The average molecular weight is 424 g/mol. The monoisotopic (exact) mass is 423 g/mol. The molecule has 1 heterocycles. The Bertz CT molecular complexity index is 516. The number of hydrogen-bond acceptors (Lipinski definition) is 5. The normalized spacial score (nSPS) is 15.3. The number of carbonyl (C=O) groups is 3. The molecule has 1 fully saturated rings. The van der Waals surface area contributed by atoms with Crippen molar-refractivity contribution in [3.8, 4) is 0 Å². The molecule has 0 aromatic carbocycles. The van der Waals surface area contributed by atoms with Crippen molar-refractivity contribution in [3.05, 3.63) is 12.2 Å². The Morgan fingerprint density at radius 3 is 2.03 bits per heavy atom. The zero-order chi connectivity index (χ0) is 22.0. The molecule has 2 amide bonds. The first kappa shape index (κ1) is 26.3. The quantitative estimate of drug-likeness (QED) is 0.182. The minimum absolute atomic E-state index is 0.131. The summed E-state index contributed by atoms with van der Waals surface area (Å²) in [4.78, 5) is 39.3. The predicted molar refractivity (Wildman–Crippen MR) is 117 cm³/mol. The summed E-state index contributed by atoms with van der Waals surface area (Å²) in [7, 11) is 0. The van der Waals surface area contributed by atoms with Crippen molar-refractivity contribution in [1.82, 2.24) is 5.06 Å². The topological polar surface area (TPSA) is 83.9 Å². The van der Waals surface area contributed by atoms with E-state index in [4.69, 9.17) is 4.84 Å². The van der Waals surface area contributed by atoms with Gasteiger partial charge in [-0.25, -0.2) is 4.79 Å². The predicted octanol–water partition coefficient (Wildman–Crippen LogP) is 5.38. The van der Waals surface area contributed by atoms with Crippen LogP contribution < -0.4 is 0 Å². The van der Waals surface area contributed by atoms with E-state index in [-0.39, 0.29) is 25.4 Å². The van der Waals surface area contributed by atoms with E-state index in [1.165, 1.54) is 44.9 Å². The highest BCUT2D eigenvalue weighted by Gasteiger charge is 2.32. The van der Waals surface area contributed by atoms with Crippen molar-refractivity contribution in [1.29, 1.82) is 0 Å². The van der Waals surface area contributed by atoms with E-state index < -0.39 is 17.8 Å². The van der Waals surface area contributed by atoms with Crippen LogP contribution in [0.3, 0.4) is 0 Å². The van der Waals surface area contributed by atoms with Crippen LogP contribution in [0, 0.1) is 0 Å². The Kier molecular flexibility index (Phi) is 15.0. The zero-order valence-corrected chi connectivity index (χ0v) is 18.8. The zero-order valence-electron chi connectivity index (χ0n) is 18.8. The van der Waals surface area contributed by atoms with Crippen molar-refractivity contribution in [2.24, 2.45) is 0 Å². The van der Waals surface area contributed by atoms with Crippen LogP contribution >= 0.6 is 0 Å². The van der Waals surface area contributed by atoms with Gasteiger partial charge in [0.1, 0.15) is 0 Å². The Hall–Kier alpha value is -1.69. The number of unbranched alkanes of at least 4 members (excludes halogenated alkanes) is 11. The molecule has 0 aromatic heterocycles. The van der Waals surface area contributed by atoms with Crippen LogP contribution in [0.15, 0.2) is 12.2 Å². The van der Waals surface area contributed by atoms with Crippen molar-refractivity contribution in [2.45, 2.75) is 122 Å². The highest BCUT2D eigenvalue weighted by Crippen LogP contribution is 2.15. The minimum Gasteiger partial charge on any atom is -0.389 e. The second-order valence-electron chi connectivity index (χ2n) is 8.26. The van der Waals surface area contributed by atoms with Gasteiger partial charge in [0.05, 0.1) is 6.10 Å². The van der Waals surface area contributed by atoms with E-state index in [9.17, 15) is 19.5 Å². The molecule has 1 rings (SSSR count). The fraction of sp³-hybridized carbons (Fsp3) is 0.792. The van der Waals surface area contributed by atoms with E-state index in [2.05, 4.69) is 13.0 Å². The molecule has 1 atom stereocenters. The third-order valence-electron chi connectivity index (χ3n) is 5.41. The molecule has 0 unspecified atom stereocenters. The van der Waals surface area contributed by atoms with Crippen molar-refractivity contribution in [3.63, 3.8) is 0 Å². The summed E-state index contributed by atoms with van der Waals surface area (Å²) in [5.41, 5.74) is 0. The Morgan fingerprint density at radius 2 is 1.47 bits per heavy atom. The highest BCUT2D eigenvalue weighted by molar-refractivity contribution is 6.01. The van der Waals surface area contributed by atoms with Gasteiger partial charge in [0.25, 0.3) is 11.8 Å². The second-order valence-corrected chi connectivity index (χ2v) is 8.26. The molecular weight excluding hydrogens is 382 g/mol. The molecule has 6 nitrogen and oxygen atoms in total. The molecule has 1 aliphatic rings. The molecule has 172 valence electrons. The molecule has 6 heteroatoms. The number of hydroxylamine groups is 2. The second kappa shape index (κ2) is 17.0. The lowest BCUT2D eigenvalue weighted by molar-refractivity contribution is -0.197. The third kappa shape index (κ3) is 12.8. The Labute approximate surface area is 182 Å². The SMILES string of the molecule is CCCC[C@@H](O)C=CCCCCCCCCCCCCC(=O)ON1C(=O)CCC1=O. The van der Waals surface area contributed by atoms with Gasteiger partial charge in [-0.05, 0) is 25.7 Å². The molecule has 0 spiro atoms. The van der Waals surface area contributed by atoms with Crippen molar-refractivity contribution < 1.29 is 24.3 Å². The van der Waals surface area contributed by atoms with E-state index in [1.807, 2.05) is 6.08 Å². The first-order valence-corrected chi connectivity index (χ1v) is 12.0. The molecule has 0 aromatic rings. The summed E-state index contributed by atoms with van der Waals surface area (Å²) in [5, 5.41) is 10.3. The van der Waals surface area contributed by atoms with Crippen molar-refractivity contribution >= 4 is 17.8 Å². The molecule has 0 bridgehead atoms. The van der Waals surface area contributed by atoms with E-state index in [1.54, 1.807) is 0 Å². The number of rotatable bonds is 18. The summed E-state index contributed by atoms with van der Waals surface area (Å²) < 4.78 is 0. The minimum atomic E-state index is -0.496. The Morgan fingerprint density at radius 1 is 0.933 bits per heavy atom. The number of allylic oxidation sites excluding steroid dienone is 1. The largest absolute Gasteiger partial charge is 0.389 e. The van der Waals surface area contributed by atoms with Crippen LogP contribution in [-0.2, 0) is 19.2 Å². The molecule has 1 saturated heterocycles. The molecule has 1 aliphatic heterocycles. The van der Waals surface area contributed by atoms with Crippen LogP contribution in [0.1, 0.15) is 116 Å². The maximum atomic E-state index is 11.7. The van der Waals surface area contributed by atoms with Gasteiger partial charge < -0.3 is 9.94 Å². The van der Waals surface area contributed by atoms with Gasteiger partial charge in [-0.1, -0.05) is 83.3 Å². The summed E-state index contributed by atoms with van der Waals surface area (Å²) >= 11 is 0. The van der Waals surface area contributed by atoms with Crippen LogP contribution in [0.4, 0.5) is 0 Å². The summed E-state index contributed by atoms with van der Waals surface area (Å²) in [6.07, 6.45) is 19.9. The number of imide groups is 1. The molecule has 1 N–H and O–H groups in total. The standard InChI is InChI=1S/C24H41NO5/c1-2-3-16-21(26)17-14-12-10-8-6-4-5-7-9-11-13-15-18-24(29)30-25-22(27)19-20-23(25)28/h14,17,21,26H,2-13,15-16,18-20H2,1H3/t21-/m1/s1. The number of carbonyl (C=O) groups excluding carboxylic acids is 3. The fourth-order valence-electron chi connectivity index (χ4n) is 3.51. The van der Waals surface area contributed by atoms with Crippen LogP contribution in [-0.4, -0.2) is 34.1 Å². The molecular formula is C24H41NO5. The van der Waals surface area contributed by atoms with Gasteiger partial charge in [0.15, 0.2) is 0 Å². The molecule has 0 aliphatic carbocycles. The van der Waals surface area contributed by atoms with E-state index in [0.29, 0.717) is 5.06 Å². The smallest absolute Gasteiger partial charge is 0.333 e. The lowest BCUT2D eigenvalue weighted by atomic mass is 10.0. The lowest BCUT2D eigenvalue weighted by Crippen LogP contribution is -2.31. The van der Waals surface area contributed by atoms with Gasteiger partial charge in [-0.3, -0.25) is 9.59 Å². The number of aliphatic hydroxyl groups excluding tert-OH is 1. The number of aliphatic hydroxyl groups is 1.